The summed E-state index contributed by atoms with van der Waals surface area (Å²) in [6.45, 7) is 5.95. The van der Waals surface area contributed by atoms with Crippen LogP contribution in [0.4, 0.5) is 0 Å². The van der Waals surface area contributed by atoms with Crippen molar-refractivity contribution in [3.63, 3.8) is 0 Å². The molecule has 1 N–H and O–H groups in total. The van der Waals surface area contributed by atoms with E-state index in [0.717, 1.165) is 12.1 Å². The molecule has 0 aliphatic carbocycles. The summed E-state index contributed by atoms with van der Waals surface area (Å²) in [5.74, 6) is -0.158. The summed E-state index contributed by atoms with van der Waals surface area (Å²) >= 11 is 0. The van der Waals surface area contributed by atoms with Gasteiger partial charge in [-0.25, -0.2) is 0 Å². The summed E-state index contributed by atoms with van der Waals surface area (Å²) in [4.78, 5) is 28.9. The van der Waals surface area contributed by atoms with Crippen LogP contribution in [0.2, 0.25) is 0 Å². The highest BCUT2D eigenvalue weighted by Crippen LogP contribution is 2.14. The Bertz CT molecular complexity index is 740. The largest absolute Gasteiger partial charge is 0.351 e. The summed E-state index contributed by atoms with van der Waals surface area (Å²) < 4.78 is 0. The van der Waals surface area contributed by atoms with E-state index in [9.17, 15) is 9.59 Å². The summed E-state index contributed by atoms with van der Waals surface area (Å²) in [5.41, 5.74) is 2.24. The third-order valence-corrected chi connectivity index (χ3v) is 4.32. The van der Waals surface area contributed by atoms with Gasteiger partial charge in [-0.05, 0) is 57.8 Å². The van der Waals surface area contributed by atoms with Crippen molar-refractivity contribution in [1.82, 2.24) is 15.1 Å². The minimum absolute atomic E-state index is 0.0339. The molecule has 5 heteroatoms. The van der Waals surface area contributed by atoms with Crippen molar-refractivity contribution in [3.8, 4) is 0 Å². The second kappa shape index (κ2) is 9.88. The van der Waals surface area contributed by atoms with E-state index in [4.69, 9.17) is 0 Å². The Balaban J connectivity index is 2.05. The number of nitrogens with one attached hydrogen (secondary N) is 1. The molecule has 0 radical (unpaired) electrons. The molecule has 0 atom stereocenters. The average molecular weight is 367 g/mol. The second-order valence-corrected chi connectivity index (χ2v) is 7.15. The van der Waals surface area contributed by atoms with Gasteiger partial charge in [-0.15, -0.1) is 0 Å². The molecule has 0 saturated heterocycles. The van der Waals surface area contributed by atoms with Gasteiger partial charge in [-0.2, -0.15) is 0 Å². The van der Waals surface area contributed by atoms with Crippen LogP contribution < -0.4 is 5.32 Å². The molecular formula is C22H29N3O2. The molecule has 0 aliphatic rings. The van der Waals surface area contributed by atoms with Gasteiger partial charge in [0.2, 0.25) is 0 Å². The SMILES string of the molecule is CC(C)N(Cc1ccccc1)C(=O)c1ccc(C(=O)NCCN(C)C)cc1. The molecule has 0 spiro atoms. The third kappa shape index (κ3) is 6.22. The molecule has 0 fully saturated rings. The van der Waals surface area contributed by atoms with Crippen LogP contribution in [-0.4, -0.2) is 54.8 Å². The van der Waals surface area contributed by atoms with Gasteiger partial charge in [-0.1, -0.05) is 30.3 Å². The zero-order valence-electron chi connectivity index (χ0n) is 16.6. The molecule has 0 heterocycles. The monoisotopic (exact) mass is 367 g/mol. The highest BCUT2D eigenvalue weighted by Gasteiger charge is 2.19. The molecule has 0 saturated carbocycles. The summed E-state index contributed by atoms with van der Waals surface area (Å²) in [6, 6.07) is 16.9. The maximum absolute atomic E-state index is 12.9. The molecule has 0 aromatic heterocycles. The smallest absolute Gasteiger partial charge is 0.254 e. The van der Waals surface area contributed by atoms with Gasteiger partial charge in [0.05, 0.1) is 0 Å². The van der Waals surface area contributed by atoms with Crippen LogP contribution in [0.1, 0.15) is 40.1 Å². The van der Waals surface area contributed by atoms with Gasteiger partial charge in [0, 0.05) is 36.8 Å². The topological polar surface area (TPSA) is 52.7 Å². The number of carbonyl (C=O) groups excluding carboxylic acids is 2. The molecule has 2 amide bonds. The molecule has 27 heavy (non-hydrogen) atoms. The van der Waals surface area contributed by atoms with Crippen LogP contribution in [0, 0.1) is 0 Å². The van der Waals surface area contributed by atoms with E-state index in [2.05, 4.69) is 5.32 Å². The van der Waals surface area contributed by atoms with E-state index in [-0.39, 0.29) is 17.9 Å². The normalized spacial score (nSPS) is 10.9. The first kappa shape index (κ1) is 20.6. The zero-order chi connectivity index (χ0) is 19.8. The quantitative estimate of drug-likeness (QED) is 0.780. The standard InChI is InChI=1S/C22H29N3O2/c1-17(2)25(16-18-8-6-5-7-9-18)22(27)20-12-10-19(11-13-20)21(26)23-14-15-24(3)4/h5-13,17H,14-16H2,1-4H3,(H,23,26). The lowest BCUT2D eigenvalue weighted by atomic mass is 10.1. The van der Waals surface area contributed by atoms with E-state index < -0.39 is 0 Å². The minimum Gasteiger partial charge on any atom is -0.351 e. The lowest BCUT2D eigenvalue weighted by Crippen LogP contribution is -2.36. The lowest BCUT2D eigenvalue weighted by Gasteiger charge is -2.27. The van der Waals surface area contributed by atoms with Crippen LogP contribution in [0.3, 0.4) is 0 Å². The summed E-state index contributed by atoms with van der Waals surface area (Å²) in [7, 11) is 3.92. The first-order valence-electron chi connectivity index (χ1n) is 9.26. The highest BCUT2D eigenvalue weighted by molar-refractivity contribution is 5.97. The van der Waals surface area contributed by atoms with Crippen LogP contribution in [0.5, 0.6) is 0 Å². The molecule has 5 nitrogen and oxygen atoms in total. The van der Waals surface area contributed by atoms with Gasteiger partial charge >= 0.3 is 0 Å². The maximum Gasteiger partial charge on any atom is 0.254 e. The van der Waals surface area contributed by atoms with Gasteiger partial charge in [0.1, 0.15) is 0 Å². The van der Waals surface area contributed by atoms with Crippen molar-refractivity contribution in [2.24, 2.45) is 0 Å². The van der Waals surface area contributed by atoms with Crippen molar-refractivity contribution < 1.29 is 9.59 Å². The average Bonchev–Trinajstić information content (AvgIpc) is 2.66. The molecule has 2 aromatic carbocycles. The Morgan fingerprint density at radius 2 is 1.52 bits per heavy atom. The lowest BCUT2D eigenvalue weighted by molar-refractivity contribution is 0.0690. The van der Waals surface area contributed by atoms with E-state index in [1.807, 2.05) is 68.1 Å². The number of hydrogen-bond acceptors (Lipinski definition) is 3. The third-order valence-electron chi connectivity index (χ3n) is 4.32. The number of nitrogens with zero attached hydrogens (tertiary/aromatic N) is 2. The Hall–Kier alpha value is -2.66. The molecule has 2 rings (SSSR count). The van der Waals surface area contributed by atoms with E-state index in [1.54, 1.807) is 24.3 Å². The van der Waals surface area contributed by atoms with Crippen LogP contribution in [0.25, 0.3) is 0 Å². The van der Waals surface area contributed by atoms with Gasteiger partial charge < -0.3 is 15.1 Å². The van der Waals surface area contributed by atoms with Crippen molar-refractivity contribution >= 4 is 11.8 Å². The number of benzene rings is 2. The summed E-state index contributed by atoms with van der Waals surface area (Å²) in [5, 5.41) is 2.88. The van der Waals surface area contributed by atoms with Gasteiger partial charge in [-0.3, -0.25) is 9.59 Å². The Morgan fingerprint density at radius 3 is 2.07 bits per heavy atom. The fraction of sp³-hybridized carbons (Fsp3) is 0.364. The summed E-state index contributed by atoms with van der Waals surface area (Å²) in [6.07, 6.45) is 0. The Morgan fingerprint density at radius 1 is 0.926 bits per heavy atom. The predicted octanol–water partition coefficient (Wildman–Crippen LogP) is 3.03. The molecule has 0 unspecified atom stereocenters. The van der Waals surface area contributed by atoms with Crippen LogP contribution in [0.15, 0.2) is 54.6 Å². The molecule has 0 bridgehead atoms. The number of carbonyl (C=O) groups is 2. The molecule has 144 valence electrons. The van der Waals surface area contributed by atoms with Crippen LogP contribution >= 0.6 is 0 Å². The van der Waals surface area contributed by atoms with Crippen molar-refractivity contribution in [1.29, 1.82) is 0 Å². The molecule has 0 aliphatic heterocycles. The first-order valence-corrected chi connectivity index (χ1v) is 9.26. The predicted molar refractivity (Wildman–Crippen MR) is 109 cm³/mol. The maximum atomic E-state index is 12.9. The van der Waals surface area contributed by atoms with Crippen molar-refractivity contribution in [2.75, 3.05) is 27.2 Å². The van der Waals surface area contributed by atoms with Gasteiger partial charge in [0.25, 0.3) is 11.8 Å². The van der Waals surface area contributed by atoms with Gasteiger partial charge in [0.15, 0.2) is 0 Å². The number of hydrogen-bond donors (Lipinski definition) is 1. The number of amides is 2. The molecular weight excluding hydrogens is 338 g/mol. The van der Waals surface area contributed by atoms with Crippen molar-refractivity contribution in [3.05, 3.63) is 71.3 Å². The minimum atomic E-state index is -0.124. The number of likely N-dealkylation sites (N-methyl/N-ethyl adjacent to an activating group) is 1. The highest BCUT2D eigenvalue weighted by atomic mass is 16.2. The second-order valence-electron chi connectivity index (χ2n) is 7.15. The van der Waals surface area contributed by atoms with Crippen molar-refractivity contribution in [2.45, 2.75) is 26.4 Å². The fourth-order valence-corrected chi connectivity index (χ4v) is 2.69. The Kier molecular flexibility index (Phi) is 7.55. The molecule has 2 aromatic rings. The Labute approximate surface area is 162 Å². The van der Waals surface area contributed by atoms with E-state index >= 15 is 0 Å². The van der Waals surface area contributed by atoms with E-state index in [1.165, 1.54) is 0 Å². The number of rotatable bonds is 8. The fourth-order valence-electron chi connectivity index (χ4n) is 2.69. The zero-order valence-corrected chi connectivity index (χ0v) is 16.6. The first-order chi connectivity index (χ1) is 12.9. The van der Waals surface area contributed by atoms with Crippen LogP contribution in [-0.2, 0) is 6.54 Å². The van der Waals surface area contributed by atoms with E-state index in [0.29, 0.717) is 24.2 Å².